The van der Waals surface area contributed by atoms with Crippen LogP contribution in [0.2, 0.25) is 0 Å². The summed E-state index contributed by atoms with van der Waals surface area (Å²) in [6.07, 6.45) is 2.71. The molecule has 2 aromatic carbocycles. The van der Waals surface area contributed by atoms with Crippen LogP contribution in [0.3, 0.4) is 0 Å². The Bertz CT molecular complexity index is 1230. The average molecular weight is 454 g/mol. The molecule has 0 saturated heterocycles. The van der Waals surface area contributed by atoms with Gasteiger partial charge in [-0.15, -0.1) is 11.3 Å². The number of benzene rings is 2. The van der Waals surface area contributed by atoms with E-state index >= 15 is 0 Å². The molecule has 1 saturated carbocycles. The molecule has 160 valence electrons. The lowest BCUT2D eigenvalue weighted by atomic mass is 10.1. The Morgan fingerprint density at radius 3 is 2.74 bits per heavy atom. The van der Waals surface area contributed by atoms with Gasteiger partial charge in [0, 0.05) is 29.6 Å². The van der Waals surface area contributed by atoms with Crippen LogP contribution in [0, 0.1) is 0 Å². The Morgan fingerprint density at radius 1 is 1.06 bits per heavy atom. The van der Waals surface area contributed by atoms with Gasteiger partial charge < -0.3 is 10.2 Å². The minimum absolute atomic E-state index is 0.0163. The largest absolute Gasteiger partial charge is 0.365 e. The lowest BCUT2D eigenvalue weighted by molar-refractivity contribution is 0.102. The quantitative estimate of drug-likeness (QED) is 0.591. The molecule has 3 aromatic rings. The van der Waals surface area contributed by atoms with Crippen LogP contribution >= 0.6 is 11.3 Å². The van der Waals surface area contributed by atoms with E-state index in [1.807, 2.05) is 24.3 Å². The molecule has 1 amide bonds. The van der Waals surface area contributed by atoms with Gasteiger partial charge in [-0.05, 0) is 66.6 Å². The molecule has 0 unspecified atom stereocenters. The zero-order valence-electron chi connectivity index (χ0n) is 16.9. The molecule has 0 bridgehead atoms. The molecule has 6 nitrogen and oxygen atoms in total. The minimum atomic E-state index is -3.61. The Labute approximate surface area is 186 Å². The van der Waals surface area contributed by atoms with Gasteiger partial charge in [0.2, 0.25) is 10.0 Å². The van der Waals surface area contributed by atoms with Gasteiger partial charge in [0.05, 0.1) is 16.3 Å². The van der Waals surface area contributed by atoms with Crippen molar-refractivity contribution >= 4 is 38.6 Å². The summed E-state index contributed by atoms with van der Waals surface area (Å²) in [5, 5.41) is 5.11. The van der Waals surface area contributed by atoms with Crippen LogP contribution in [-0.4, -0.2) is 26.9 Å². The van der Waals surface area contributed by atoms with Crippen LogP contribution in [0.5, 0.6) is 0 Å². The summed E-state index contributed by atoms with van der Waals surface area (Å²) in [4.78, 5) is 16.8. The summed E-state index contributed by atoms with van der Waals surface area (Å²) < 4.78 is 27.7. The second-order valence-electron chi connectivity index (χ2n) is 7.94. The molecule has 5 rings (SSSR count). The summed E-state index contributed by atoms with van der Waals surface area (Å²) in [5.41, 5.74) is 3.33. The highest BCUT2D eigenvalue weighted by Crippen LogP contribution is 2.32. The summed E-state index contributed by atoms with van der Waals surface area (Å²) in [5.74, 6) is -0.329. The van der Waals surface area contributed by atoms with Crippen molar-refractivity contribution in [1.82, 2.24) is 4.72 Å². The summed E-state index contributed by atoms with van der Waals surface area (Å²) in [6, 6.07) is 16.1. The minimum Gasteiger partial charge on any atom is -0.365 e. The highest BCUT2D eigenvalue weighted by molar-refractivity contribution is 7.89. The van der Waals surface area contributed by atoms with Crippen molar-refractivity contribution in [3.05, 3.63) is 76.0 Å². The van der Waals surface area contributed by atoms with E-state index in [0.717, 1.165) is 43.7 Å². The normalized spacial score (nSPS) is 16.1. The van der Waals surface area contributed by atoms with Gasteiger partial charge in [0.25, 0.3) is 5.91 Å². The highest BCUT2D eigenvalue weighted by atomic mass is 32.2. The molecule has 0 spiro atoms. The first-order valence-electron chi connectivity index (χ1n) is 10.3. The standard InChI is InChI=1S/C23H23N3O3S2/c27-23(16-4-3-5-19(14-16)31(28,29)25-18-8-9-18)24-20-6-1-2-7-21(20)26-12-10-22-17(15-26)11-13-30-22/h1-7,11,13-14,18,25H,8-10,12,15H2,(H,24,27). The number of sulfonamides is 1. The summed E-state index contributed by atoms with van der Waals surface area (Å²) in [6.45, 7) is 1.70. The van der Waals surface area contributed by atoms with Crippen molar-refractivity contribution in [3.63, 3.8) is 0 Å². The van der Waals surface area contributed by atoms with E-state index in [1.54, 1.807) is 23.5 Å². The number of fused-ring (bicyclic) bond motifs is 1. The van der Waals surface area contributed by atoms with Crippen LogP contribution in [0.25, 0.3) is 0 Å². The maximum absolute atomic E-state index is 13.0. The molecule has 8 heteroatoms. The van der Waals surface area contributed by atoms with E-state index in [1.165, 1.54) is 22.6 Å². The fourth-order valence-electron chi connectivity index (χ4n) is 3.80. The van der Waals surface area contributed by atoms with Crippen LogP contribution in [0.4, 0.5) is 11.4 Å². The summed E-state index contributed by atoms with van der Waals surface area (Å²) in [7, 11) is -3.61. The van der Waals surface area contributed by atoms with Crippen molar-refractivity contribution in [2.45, 2.75) is 36.7 Å². The Balaban J connectivity index is 1.36. The number of hydrogen-bond donors (Lipinski definition) is 2. The number of amides is 1. The summed E-state index contributed by atoms with van der Waals surface area (Å²) >= 11 is 1.79. The first-order chi connectivity index (χ1) is 15.0. The number of thiophene rings is 1. The van der Waals surface area contributed by atoms with Crippen LogP contribution in [0.1, 0.15) is 33.6 Å². The first kappa shape index (κ1) is 20.2. The van der Waals surface area contributed by atoms with Gasteiger partial charge >= 0.3 is 0 Å². The highest BCUT2D eigenvalue weighted by Gasteiger charge is 2.28. The predicted octanol–water partition coefficient (Wildman–Crippen LogP) is 4.00. The number of hydrogen-bond acceptors (Lipinski definition) is 5. The van der Waals surface area contributed by atoms with Gasteiger partial charge in [-0.2, -0.15) is 0 Å². The number of para-hydroxylation sites is 2. The maximum Gasteiger partial charge on any atom is 0.255 e. The van der Waals surface area contributed by atoms with E-state index in [-0.39, 0.29) is 16.8 Å². The van der Waals surface area contributed by atoms with Gasteiger partial charge in [-0.3, -0.25) is 4.79 Å². The molecule has 2 heterocycles. The second-order valence-corrected chi connectivity index (χ2v) is 10.6. The molecule has 0 radical (unpaired) electrons. The lowest BCUT2D eigenvalue weighted by Gasteiger charge is -2.30. The third kappa shape index (κ3) is 4.37. The van der Waals surface area contributed by atoms with Crippen molar-refractivity contribution in [2.75, 3.05) is 16.8 Å². The smallest absolute Gasteiger partial charge is 0.255 e. The molecule has 1 aliphatic heterocycles. The topological polar surface area (TPSA) is 78.5 Å². The van der Waals surface area contributed by atoms with Crippen LogP contribution in [-0.2, 0) is 23.0 Å². The van der Waals surface area contributed by atoms with Crippen molar-refractivity contribution in [2.24, 2.45) is 0 Å². The number of nitrogens with zero attached hydrogens (tertiary/aromatic N) is 1. The molecule has 1 fully saturated rings. The fourth-order valence-corrected chi connectivity index (χ4v) is 6.04. The van der Waals surface area contributed by atoms with Crippen LogP contribution in [0.15, 0.2) is 64.9 Å². The van der Waals surface area contributed by atoms with Gasteiger partial charge in [0.15, 0.2) is 0 Å². The van der Waals surface area contributed by atoms with Crippen LogP contribution < -0.4 is 14.9 Å². The van der Waals surface area contributed by atoms with E-state index in [9.17, 15) is 13.2 Å². The molecule has 2 N–H and O–H groups in total. The fraction of sp³-hybridized carbons (Fsp3) is 0.261. The number of nitrogens with one attached hydrogen (secondary N) is 2. The lowest BCUT2D eigenvalue weighted by Crippen LogP contribution is -2.30. The average Bonchev–Trinajstić information content (AvgIpc) is 3.45. The van der Waals surface area contributed by atoms with E-state index in [0.29, 0.717) is 5.56 Å². The Hall–Kier alpha value is -2.68. The van der Waals surface area contributed by atoms with Gasteiger partial charge in [0.1, 0.15) is 0 Å². The van der Waals surface area contributed by atoms with E-state index in [4.69, 9.17) is 0 Å². The number of carbonyl (C=O) groups excluding carboxylic acids is 1. The van der Waals surface area contributed by atoms with Crippen molar-refractivity contribution in [3.8, 4) is 0 Å². The molecule has 2 aliphatic rings. The third-order valence-corrected chi connectivity index (χ3v) is 8.15. The number of carbonyl (C=O) groups is 1. The third-order valence-electron chi connectivity index (χ3n) is 5.61. The predicted molar refractivity (Wildman–Crippen MR) is 123 cm³/mol. The number of rotatable bonds is 6. The van der Waals surface area contributed by atoms with E-state index in [2.05, 4.69) is 26.4 Å². The Morgan fingerprint density at radius 2 is 1.90 bits per heavy atom. The molecule has 1 aliphatic carbocycles. The Kier molecular flexibility index (Phi) is 5.29. The van der Waals surface area contributed by atoms with Gasteiger partial charge in [-0.25, -0.2) is 13.1 Å². The molecular formula is C23H23N3O3S2. The van der Waals surface area contributed by atoms with E-state index < -0.39 is 10.0 Å². The maximum atomic E-state index is 13.0. The molecule has 0 atom stereocenters. The zero-order valence-corrected chi connectivity index (χ0v) is 18.5. The first-order valence-corrected chi connectivity index (χ1v) is 12.7. The van der Waals surface area contributed by atoms with Crippen molar-refractivity contribution in [1.29, 1.82) is 0 Å². The SMILES string of the molecule is O=C(Nc1ccccc1N1CCc2sccc2C1)c1cccc(S(=O)(=O)NC2CC2)c1. The monoisotopic (exact) mass is 453 g/mol. The van der Waals surface area contributed by atoms with Gasteiger partial charge in [-0.1, -0.05) is 18.2 Å². The van der Waals surface area contributed by atoms with Crippen molar-refractivity contribution < 1.29 is 13.2 Å². The molecular weight excluding hydrogens is 430 g/mol. The molecule has 31 heavy (non-hydrogen) atoms. The second kappa shape index (κ2) is 8.11. The zero-order chi connectivity index (χ0) is 21.4. The molecule has 1 aromatic heterocycles. The number of anilines is 2.